The first kappa shape index (κ1) is 15.6. The number of benzene rings is 1. The van der Waals surface area contributed by atoms with Gasteiger partial charge >= 0.3 is 0 Å². The Balaban J connectivity index is 3.30. The number of nitrogens with zero attached hydrogens (tertiary/aromatic N) is 2. The summed E-state index contributed by atoms with van der Waals surface area (Å²) in [6.45, 7) is 5.59. The average Bonchev–Trinajstić information content (AvgIpc) is 2.44. The van der Waals surface area contributed by atoms with Gasteiger partial charge in [-0.1, -0.05) is 31.5 Å². The minimum atomic E-state index is -0.387. The van der Waals surface area contributed by atoms with Gasteiger partial charge in [-0.15, -0.1) is 0 Å². The molecule has 1 aromatic carbocycles. The molecule has 0 bridgehead atoms. The first-order chi connectivity index (χ1) is 9.14. The van der Waals surface area contributed by atoms with Crippen LogP contribution in [0.1, 0.15) is 25.5 Å². The van der Waals surface area contributed by atoms with E-state index < -0.39 is 0 Å². The standard InChI is InChI=1S/C14H19ClN2O2/c1-5-17(6-2)11(9-16)10-7-8-12(18-3)14(19-4)13(10)15/h7-8,11H,5-6H2,1-4H3. The van der Waals surface area contributed by atoms with Crippen LogP contribution in [0.3, 0.4) is 0 Å². The molecule has 1 rings (SSSR count). The maximum absolute atomic E-state index is 9.40. The van der Waals surface area contributed by atoms with Crippen molar-refractivity contribution in [2.45, 2.75) is 19.9 Å². The van der Waals surface area contributed by atoms with Crippen molar-refractivity contribution in [3.05, 3.63) is 22.7 Å². The molecule has 5 heteroatoms. The third-order valence-electron chi connectivity index (χ3n) is 3.11. The molecule has 0 spiro atoms. The summed E-state index contributed by atoms with van der Waals surface area (Å²) in [5, 5.41) is 9.84. The van der Waals surface area contributed by atoms with Gasteiger partial charge in [0.15, 0.2) is 11.5 Å². The van der Waals surface area contributed by atoms with Gasteiger partial charge in [-0.05, 0) is 19.2 Å². The fraction of sp³-hybridized carbons (Fsp3) is 0.500. The molecule has 4 nitrogen and oxygen atoms in total. The Morgan fingerprint density at radius 1 is 1.26 bits per heavy atom. The lowest BCUT2D eigenvalue weighted by Crippen LogP contribution is -2.27. The van der Waals surface area contributed by atoms with Crippen molar-refractivity contribution in [1.82, 2.24) is 4.90 Å². The van der Waals surface area contributed by atoms with Crippen molar-refractivity contribution in [2.24, 2.45) is 0 Å². The minimum absolute atomic E-state index is 0.387. The molecule has 0 saturated heterocycles. The van der Waals surface area contributed by atoms with E-state index in [1.54, 1.807) is 13.2 Å². The highest BCUT2D eigenvalue weighted by Gasteiger charge is 2.23. The fourth-order valence-electron chi connectivity index (χ4n) is 2.05. The van der Waals surface area contributed by atoms with Crippen LogP contribution in [0.5, 0.6) is 11.5 Å². The molecular formula is C14H19ClN2O2. The van der Waals surface area contributed by atoms with Crippen molar-refractivity contribution in [2.75, 3.05) is 27.3 Å². The van der Waals surface area contributed by atoms with Gasteiger partial charge in [-0.25, -0.2) is 0 Å². The van der Waals surface area contributed by atoms with Crippen LogP contribution in [0.15, 0.2) is 12.1 Å². The molecular weight excluding hydrogens is 264 g/mol. The third-order valence-corrected chi connectivity index (χ3v) is 3.50. The zero-order valence-corrected chi connectivity index (χ0v) is 12.5. The highest BCUT2D eigenvalue weighted by molar-refractivity contribution is 6.33. The van der Waals surface area contributed by atoms with E-state index in [0.717, 1.165) is 18.7 Å². The zero-order valence-electron chi connectivity index (χ0n) is 11.7. The zero-order chi connectivity index (χ0) is 14.4. The van der Waals surface area contributed by atoms with E-state index in [1.165, 1.54) is 7.11 Å². The van der Waals surface area contributed by atoms with Crippen molar-refractivity contribution >= 4 is 11.6 Å². The Bertz CT molecular complexity index is 467. The number of ether oxygens (including phenoxy) is 2. The number of hydrogen-bond acceptors (Lipinski definition) is 4. The van der Waals surface area contributed by atoms with E-state index in [1.807, 2.05) is 24.8 Å². The fourth-order valence-corrected chi connectivity index (χ4v) is 2.39. The van der Waals surface area contributed by atoms with E-state index in [4.69, 9.17) is 21.1 Å². The van der Waals surface area contributed by atoms with Crippen molar-refractivity contribution < 1.29 is 9.47 Å². The summed E-state index contributed by atoms with van der Waals surface area (Å²) in [5.41, 5.74) is 0.741. The number of halogens is 1. The maximum atomic E-state index is 9.40. The van der Waals surface area contributed by atoms with E-state index in [2.05, 4.69) is 6.07 Å². The Kier molecular flexibility index (Phi) is 5.94. The molecule has 0 N–H and O–H groups in total. The molecule has 0 aliphatic heterocycles. The van der Waals surface area contributed by atoms with Gasteiger partial charge < -0.3 is 9.47 Å². The quantitative estimate of drug-likeness (QED) is 0.803. The van der Waals surface area contributed by atoms with E-state index >= 15 is 0 Å². The first-order valence-electron chi connectivity index (χ1n) is 6.18. The molecule has 1 aromatic rings. The summed E-state index contributed by atoms with van der Waals surface area (Å²) in [6.07, 6.45) is 0. The Hall–Kier alpha value is -1.44. The predicted molar refractivity (Wildman–Crippen MR) is 75.8 cm³/mol. The van der Waals surface area contributed by atoms with Crippen LogP contribution in [0, 0.1) is 11.3 Å². The average molecular weight is 283 g/mol. The van der Waals surface area contributed by atoms with Crippen LogP contribution in [0.25, 0.3) is 0 Å². The topological polar surface area (TPSA) is 45.5 Å². The number of hydrogen-bond donors (Lipinski definition) is 0. The van der Waals surface area contributed by atoms with Gasteiger partial charge in [0.05, 0.1) is 25.3 Å². The number of nitriles is 1. The molecule has 0 radical (unpaired) electrons. The van der Waals surface area contributed by atoms with Crippen molar-refractivity contribution in [1.29, 1.82) is 5.26 Å². The largest absolute Gasteiger partial charge is 0.493 e. The van der Waals surface area contributed by atoms with Crippen LogP contribution < -0.4 is 9.47 Å². The normalized spacial score (nSPS) is 12.1. The first-order valence-corrected chi connectivity index (χ1v) is 6.56. The number of rotatable bonds is 6. The lowest BCUT2D eigenvalue weighted by Gasteiger charge is -2.25. The Labute approximate surface area is 119 Å². The van der Waals surface area contributed by atoms with Crippen LogP contribution in [-0.2, 0) is 0 Å². The van der Waals surface area contributed by atoms with Crippen LogP contribution >= 0.6 is 11.6 Å². The predicted octanol–water partition coefficient (Wildman–Crippen LogP) is 3.26. The van der Waals surface area contributed by atoms with Crippen molar-refractivity contribution in [3.63, 3.8) is 0 Å². The highest BCUT2D eigenvalue weighted by Crippen LogP contribution is 2.40. The van der Waals surface area contributed by atoms with E-state index in [-0.39, 0.29) is 6.04 Å². The summed E-state index contributed by atoms with van der Waals surface area (Å²) < 4.78 is 10.5. The van der Waals surface area contributed by atoms with E-state index in [9.17, 15) is 5.26 Å². The second-order valence-corrected chi connectivity index (χ2v) is 4.34. The van der Waals surface area contributed by atoms with Gasteiger partial charge in [0.25, 0.3) is 0 Å². The summed E-state index contributed by atoms with van der Waals surface area (Å²) >= 11 is 6.34. The molecule has 0 aliphatic carbocycles. The maximum Gasteiger partial charge on any atom is 0.179 e. The van der Waals surface area contributed by atoms with Gasteiger partial charge in [-0.3, -0.25) is 4.90 Å². The van der Waals surface area contributed by atoms with Crippen molar-refractivity contribution in [3.8, 4) is 17.6 Å². The smallest absolute Gasteiger partial charge is 0.179 e. The highest BCUT2D eigenvalue weighted by atomic mass is 35.5. The molecule has 104 valence electrons. The molecule has 0 amide bonds. The van der Waals surface area contributed by atoms with Crippen LogP contribution in [0.4, 0.5) is 0 Å². The summed E-state index contributed by atoms with van der Waals surface area (Å²) in [5.74, 6) is 1.03. The summed E-state index contributed by atoms with van der Waals surface area (Å²) in [4.78, 5) is 2.03. The summed E-state index contributed by atoms with van der Waals surface area (Å²) in [7, 11) is 3.09. The molecule has 0 aromatic heterocycles. The molecule has 1 atom stereocenters. The van der Waals surface area contributed by atoms with Crippen LogP contribution in [0.2, 0.25) is 5.02 Å². The van der Waals surface area contributed by atoms with Gasteiger partial charge in [-0.2, -0.15) is 5.26 Å². The molecule has 0 fully saturated rings. The van der Waals surface area contributed by atoms with Crippen LogP contribution in [-0.4, -0.2) is 32.2 Å². The second kappa shape index (κ2) is 7.22. The second-order valence-electron chi connectivity index (χ2n) is 3.96. The molecule has 0 aliphatic rings. The monoisotopic (exact) mass is 282 g/mol. The van der Waals surface area contributed by atoms with Gasteiger partial charge in [0, 0.05) is 5.56 Å². The Morgan fingerprint density at radius 3 is 2.32 bits per heavy atom. The Morgan fingerprint density at radius 2 is 1.89 bits per heavy atom. The minimum Gasteiger partial charge on any atom is -0.493 e. The third kappa shape index (κ3) is 3.12. The van der Waals surface area contributed by atoms with Gasteiger partial charge in [0.2, 0.25) is 0 Å². The lowest BCUT2D eigenvalue weighted by molar-refractivity contribution is 0.261. The SMILES string of the molecule is CCN(CC)C(C#N)c1ccc(OC)c(OC)c1Cl. The molecule has 0 heterocycles. The molecule has 0 saturated carbocycles. The summed E-state index contributed by atoms with van der Waals surface area (Å²) in [6, 6.07) is 5.50. The molecule has 1 unspecified atom stereocenters. The van der Waals surface area contributed by atoms with Gasteiger partial charge in [0.1, 0.15) is 6.04 Å². The lowest BCUT2D eigenvalue weighted by atomic mass is 10.1. The number of methoxy groups -OCH3 is 2. The van der Waals surface area contributed by atoms with E-state index in [0.29, 0.717) is 16.5 Å². The molecule has 19 heavy (non-hydrogen) atoms.